The second kappa shape index (κ2) is 3.25. The Morgan fingerprint density at radius 1 is 1.54 bits per heavy atom. The van der Waals surface area contributed by atoms with Gasteiger partial charge in [-0.3, -0.25) is 0 Å². The van der Waals surface area contributed by atoms with Crippen LogP contribution in [-0.2, 0) is 0 Å². The number of hydrogen-bond donors (Lipinski definition) is 0. The summed E-state index contributed by atoms with van der Waals surface area (Å²) in [6, 6.07) is 5.56. The molecule has 0 radical (unpaired) electrons. The summed E-state index contributed by atoms with van der Waals surface area (Å²) in [4.78, 5) is 4.12. The van der Waals surface area contributed by atoms with Crippen LogP contribution in [0.3, 0.4) is 0 Å². The average Bonchev–Trinajstić information content (AvgIpc) is 2.49. The smallest absolute Gasteiger partial charge is 0.289 e. The minimum absolute atomic E-state index is 0.450. The van der Waals surface area contributed by atoms with Crippen molar-refractivity contribution in [3.63, 3.8) is 0 Å². The van der Waals surface area contributed by atoms with E-state index < -0.39 is 0 Å². The average molecular weight is 210 g/mol. The normalized spacial score (nSPS) is 9.85. The van der Waals surface area contributed by atoms with E-state index in [0.29, 0.717) is 10.2 Å². The Bertz CT molecular complexity index is 486. The Labute approximate surface area is 84.1 Å². The number of terminal acetylenes is 1. The predicted octanol–water partition coefficient (Wildman–Crippen LogP) is 2.92. The van der Waals surface area contributed by atoms with E-state index in [0.717, 1.165) is 10.2 Å². The van der Waals surface area contributed by atoms with Crippen LogP contribution in [0.25, 0.3) is 10.2 Å². The maximum Gasteiger partial charge on any atom is 0.289 e. The van der Waals surface area contributed by atoms with Gasteiger partial charge in [-0.05, 0) is 12.1 Å². The van der Waals surface area contributed by atoms with Crippen LogP contribution in [-0.4, -0.2) is 4.98 Å². The fourth-order valence-corrected chi connectivity index (χ4v) is 2.08. The van der Waals surface area contributed by atoms with Gasteiger partial charge in [0.2, 0.25) is 0 Å². The lowest BCUT2D eigenvalue weighted by molar-refractivity contribution is 0.518. The van der Waals surface area contributed by atoms with Crippen LogP contribution < -0.4 is 4.74 Å². The van der Waals surface area contributed by atoms with E-state index in [1.54, 1.807) is 6.07 Å². The van der Waals surface area contributed by atoms with Crippen LogP contribution in [0.2, 0.25) is 5.02 Å². The molecule has 64 valence electrons. The first kappa shape index (κ1) is 8.36. The van der Waals surface area contributed by atoms with Gasteiger partial charge in [-0.25, -0.2) is 4.98 Å². The van der Waals surface area contributed by atoms with E-state index in [-0.39, 0.29) is 0 Å². The van der Waals surface area contributed by atoms with Gasteiger partial charge < -0.3 is 4.74 Å². The quantitative estimate of drug-likeness (QED) is 0.674. The predicted molar refractivity (Wildman–Crippen MR) is 54.1 cm³/mol. The summed E-state index contributed by atoms with van der Waals surface area (Å²) < 4.78 is 5.79. The topological polar surface area (TPSA) is 22.1 Å². The highest BCUT2D eigenvalue weighted by Gasteiger charge is 2.06. The monoisotopic (exact) mass is 209 g/mol. The molecule has 0 amide bonds. The highest BCUT2D eigenvalue weighted by Crippen LogP contribution is 2.31. The van der Waals surface area contributed by atoms with Crippen LogP contribution in [0.5, 0.6) is 5.19 Å². The zero-order valence-corrected chi connectivity index (χ0v) is 8.02. The van der Waals surface area contributed by atoms with Crippen molar-refractivity contribution in [1.29, 1.82) is 0 Å². The van der Waals surface area contributed by atoms with Crippen molar-refractivity contribution >= 4 is 33.2 Å². The molecule has 4 heteroatoms. The van der Waals surface area contributed by atoms with Gasteiger partial charge >= 0.3 is 0 Å². The standard InChI is InChI=1S/C9H4ClNOS/c1-2-12-9-11-8-6(10)4-3-5-7(8)13-9/h1,3-5H. The zero-order chi connectivity index (χ0) is 9.26. The summed E-state index contributed by atoms with van der Waals surface area (Å²) in [5.74, 6) is 0. The number of rotatable bonds is 1. The second-order valence-electron chi connectivity index (χ2n) is 2.29. The lowest BCUT2D eigenvalue weighted by Crippen LogP contribution is -1.78. The molecule has 1 heterocycles. The highest BCUT2D eigenvalue weighted by molar-refractivity contribution is 7.20. The van der Waals surface area contributed by atoms with E-state index in [2.05, 4.69) is 11.1 Å². The van der Waals surface area contributed by atoms with Crippen molar-refractivity contribution in [3.8, 4) is 17.7 Å². The first-order valence-corrected chi connectivity index (χ1v) is 4.68. The molecule has 0 aliphatic rings. The summed E-state index contributed by atoms with van der Waals surface area (Å²) in [5, 5.41) is 1.06. The van der Waals surface area contributed by atoms with E-state index in [1.165, 1.54) is 11.3 Å². The van der Waals surface area contributed by atoms with E-state index >= 15 is 0 Å². The third-order valence-electron chi connectivity index (χ3n) is 1.50. The van der Waals surface area contributed by atoms with Crippen molar-refractivity contribution in [2.45, 2.75) is 0 Å². The molecule has 0 unspecified atom stereocenters. The zero-order valence-electron chi connectivity index (χ0n) is 6.45. The molecule has 0 fully saturated rings. The lowest BCUT2D eigenvalue weighted by atomic mass is 10.3. The minimum atomic E-state index is 0.450. The molecule has 1 aromatic carbocycles. The number of halogens is 1. The summed E-state index contributed by atoms with van der Waals surface area (Å²) in [7, 11) is 0. The molecule has 0 aliphatic carbocycles. The molecule has 0 saturated carbocycles. The van der Waals surface area contributed by atoms with Crippen LogP contribution in [0, 0.1) is 12.5 Å². The summed E-state index contributed by atoms with van der Waals surface area (Å²) >= 11 is 7.28. The van der Waals surface area contributed by atoms with E-state index in [4.69, 9.17) is 22.8 Å². The highest BCUT2D eigenvalue weighted by atomic mass is 35.5. The van der Waals surface area contributed by atoms with Crippen LogP contribution >= 0.6 is 22.9 Å². The summed E-state index contributed by atoms with van der Waals surface area (Å²) in [6.45, 7) is 0. The molecule has 2 rings (SSSR count). The van der Waals surface area contributed by atoms with Crippen molar-refractivity contribution in [2.24, 2.45) is 0 Å². The molecule has 0 spiro atoms. The van der Waals surface area contributed by atoms with Crippen LogP contribution in [0.4, 0.5) is 0 Å². The number of para-hydroxylation sites is 1. The molecule has 0 N–H and O–H groups in total. The molecule has 13 heavy (non-hydrogen) atoms. The van der Waals surface area contributed by atoms with Crippen molar-refractivity contribution < 1.29 is 4.74 Å². The van der Waals surface area contributed by atoms with E-state index in [1.807, 2.05) is 12.1 Å². The van der Waals surface area contributed by atoms with Gasteiger partial charge in [0.25, 0.3) is 5.19 Å². The number of benzene rings is 1. The third kappa shape index (κ3) is 1.46. The first-order chi connectivity index (χ1) is 6.31. The van der Waals surface area contributed by atoms with Gasteiger partial charge in [-0.1, -0.05) is 35.4 Å². The second-order valence-corrected chi connectivity index (χ2v) is 3.69. The third-order valence-corrected chi connectivity index (χ3v) is 2.70. The lowest BCUT2D eigenvalue weighted by Gasteiger charge is -1.87. The maximum absolute atomic E-state index is 5.91. The molecule has 0 atom stereocenters. The molecule has 2 aromatic rings. The largest absolute Gasteiger partial charge is 0.378 e. The van der Waals surface area contributed by atoms with Crippen molar-refractivity contribution in [1.82, 2.24) is 4.98 Å². The molecule has 2 nitrogen and oxygen atoms in total. The van der Waals surface area contributed by atoms with Crippen LogP contribution in [0.1, 0.15) is 0 Å². The van der Waals surface area contributed by atoms with Gasteiger partial charge in [0, 0.05) is 0 Å². The SMILES string of the molecule is C#COc1nc2c(Cl)cccc2s1. The Balaban J connectivity index is 2.63. The Morgan fingerprint density at radius 3 is 3.08 bits per heavy atom. The Hall–Kier alpha value is -1.24. The molecule has 1 aromatic heterocycles. The summed E-state index contributed by atoms with van der Waals surface area (Å²) in [6.07, 6.45) is 7.05. The number of thiazole rings is 1. The number of ether oxygens (including phenoxy) is 1. The number of hydrogen-bond acceptors (Lipinski definition) is 3. The number of nitrogens with zero attached hydrogens (tertiary/aromatic N) is 1. The minimum Gasteiger partial charge on any atom is -0.378 e. The van der Waals surface area contributed by atoms with Crippen molar-refractivity contribution in [3.05, 3.63) is 23.2 Å². The molecule has 0 bridgehead atoms. The molecule has 0 saturated heterocycles. The number of fused-ring (bicyclic) bond motifs is 1. The van der Waals surface area contributed by atoms with Gasteiger partial charge in [0.15, 0.2) is 0 Å². The maximum atomic E-state index is 5.91. The first-order valence-electron chi connectivity index (χ1n) is 3.49. The molecular weight excluding hydrogens is 206 g/mol. The Morgan fingerprint density at radius 2 is 2.38 bits per heavy atom. The fourth-order valence-electron chi connectivity index (χ4n) is 0.989. The van der Waals surface area contributed by atoms with Crippen molar-refractivity contribution in [2.75, 3.05) is 0 Å². The molecular formula is C9H4ClNOS. The summed E-state index contributed by atoms with van der Waals surface area (Å²) in [5.41, 5.74) is 0.736. The van der Waals surface area contributed by atoms with E-state index in [9.17, 15) is 0 Å². The van der Waals surface area contributed by atoms with Gasteiger partial charge in [-0.2, -0.15) is 0 Å². The molecule has 0 aliphatic heterocycles. The van der Waals surface area contributed by atoms with Crippen LogP contribution in [0.15, 0.2) is 18.2 Å². The van der Waals surface area contributed by atoms with Gasteiger partial charge in [-0.15, -0.1) is 0 Å². The fraction of sp³-hybridized carbons (Fsp3) is 0. The number of aromatic nitrogens is 1. The van der Waals surface area contributed by atoms with Gasteiger partial charge in [0.05, 0.1) is 9.72 Å². The Kier molecular flexibility index (Phi) is 2.09. The van der Waals surface area contributed by atoms with Gasteiger partial charge in [0.1, 0.15) is 11.6 Å².